The first-order valence-corrected chi connectivity index (χ1v) is 11.4. The maximum absolute atomic E-state index is 13.2. The smallest absolute Gasteiger partial charge is 0.242 e. The van der Waals surface area contributed by atoms with Gasteiger partial charge in [0.2, 0.25) is 11.8 Å². The SMILES string of the molecule is CCCNC(=O)[C@@H](C)N(Cc1cccc(Cl)c1)C(=O)CCc1ccc(C(C)(C)C)cc1. The molecule has 0 aliphatic carbocycles. The highest BCUT2D eigenvalue weighted by molar-refractivity contribution is 6.30. The number of hydrogen-bond acceptors (Lipinski definition) is 2. The number of carbonyl (C=O) groups excluding carboxylic acids is 2. The highest BCUT2D eigenvalue weighted by Gasteiger charge is 2.25. The summed E-state index contributed by atoms with van der Waals surface area (Å²) in [6.45, 7) is 11.3. The summed E-state index contributed by atoms with van der Waals surface area (Å²) in [4.78, 5) is 27.4. The van der Waals surface area contributed by atoms with E-state index < -0.39 is 6.04 Å². The van der Waals surface area contributed by atoms with Gasteiger partial charge in [-0.1, -0.05) is 75.7 Å². The molecule has 5 heteroatoms. The lowest BCUT2D eigenvalue weighted by atomic mass is 9.86. The molecule has 0 spiro atoms. The van der Waals surface area contributed by atoms with E-state index in [1.165, 1.54) is 5.56 Å². The van der Waals surface area contributed by atoms with Crippen LogP contribution in [0.5, 0.6) is 0 Å². The van der Waals surface area contributed by atoms with Crippen molar-refractivity contribution in [1.82, 2.24) is 10.2 Å². The van der Waals surface area contributed by atoms with Gasteiger partial charge in [0.1, 0.15) is 6.04 Å². The molecule has 2 amide bonds. The fourth-order valence-electron chi connectivity index (χ4n) is 3.38. The van der Waals surface area contributed by atoms with Crippen molar-refractivity contribution in [3.63, 3.8) is 0 Å². The molecule has 4 nitrogen and oxygen atoms in total. The van der Waals surface area contributed by atoms with Crippen LogP contribution in [0, 0.1) is 0 Å². The van der Waals surface area contributed by atoms with Crippen LogP contribution < -0.4 is 5.32 Å². The Morgan fingerprint density at radius 3 is 2.32 bits per heavy atom. The van der Waals surface area contributed by atoms with E-state index in [1.807, 2.05) is 25.1 Å². The summed E-state index contributed by atoms with van der Waals surface area (Å²) in [6, 6.07) is 15.3. The van der Waals surface area contributed by atoms with Crippen LogP contribution in [-0.4, -0.2) is 29.3 Å². The third-order valence-electron chi connectivity index (χ3n) is 5.41. The molecule has 31 heavy (non-hydrogen) atoms. The molecule has 1 N–H and O–H groups in total. The van der Waals surface area contributed by atoms with Crippen molar-refractivity contribution >= 4 is 23.4 Å². The van der Waals surface area contributed by atoms with Gasteiger partial charge in [-0.3, -0.25) is 9.59 Å². The molecular formula is C26H35ClN2O2. The number of amides is 2. The topological polar surface area (TPSA) is 49.4 Å². The van der Waals surface area contributed by atoms with Gasteiger partial charge in [0, 0.05) is 24.5 Å². The van der Waals surface area contributed by atoms with Gasteiger partial charge in [0.05, 0.1) is 0 Å². The average Bonchev–Trinajstić information content (AvgIpc) is 2.73. The van der Waals surface area contributed by atoms with Gasteiger partial charge in [0.25, 0.3) is 0 Å². The molecule has 0 aliphatic heterocycles. The number of halogens is 1. The first kappa shape index (κ1) is 24.9. The summed E-state index contributed by atoms with van der Waals surface area (Å²) in [5.74, 6) is -0.175. The van der Waals surface area contributed by atoms with Crippen molar-refractivity contribution < 1.29 is 9.59 Å². The summed E-state index contributed by atoms with van der Waals surface area (Å²) < 4.78 is 0. The Balaban J connectivity index is 2.12. The van der Waals surface area contributed by atoms with Crippen LogP contribution in [0.4, 0.5) is 0 Å². The van der Waals surface area contributed by atoms with Crippen molar-refractivity contribution in [3.8, 4) is 0 Å². The summed E-state index contributed by atoms with van der Waals surface area (Å²) >= 11 is 6.12. The zero-order valence-electron chi connectivity index (χ0n) is 19.4. The van der Waals surface area contributed by atoms with Gasteiger partial charge in [-0.25, -0.2) is 0 Å². The molecule has 0 fully saturated rings. The first-order valence-electron chi connectivity index (χ1n) is 11.0. The number of rotatable bonds is 9. The molecule has 0 bridgehead atoms. The van der Waals surface area contributed by atoms with Gasteiger partial charge in [-0.15, -0.1) is 0 Å². The second-order valence-corrected chi connectivity index (χ2v) is 9.50. The van der Waals surface area contributed by atoms with E-state index in [9.17, 15) is 9.59 Å². The monoisotopic (exact) mass is 442 g/mol. The summed E-state index contributed by atoms with van der Waals surface area (Å²) in [6.07, 6.45) is 1.84. The molecule has 0 aromatic heterocycles. The molecule has 0 saturated carbocycles. The maximum atomic E-state index is 13.2. The Labute approximate surface area is 192 Å². The van der Waals surface area contributed by atoms with Crippen LogP contribution in [0.15, 0.2) is 48.5 Å². The fourth-order valence-corrected chi connectivity index (χ4v) is 3.59. The third-order valence-corrected chi connectivity index (χ3v) is 5.64. The van der Waals surface area contributed by atoms with E-state index in [2.05, 4.69) is 50.4 Å². The average molecular weight is 443 g/mol. The van der Waals surface area contributed by atoms with E-state index in [0.29, 0.717) is 31.0 Å². The molecular weight excluding hydrogens is 408 g/mol. The number of nitrogens with zero attached hydrogens (tertiary/aromatic N) is 1. The molecule has 1 atom stereocenters. The zero-order chi connectivity index (χ0) is 23.0. The summed E-state index contributed by atoms with van der Waals surface area (Å²) in [5, 5.41) is 3.52. The van der Waals surface area contributed by atoms with Crippen LogP contribution in [0.1, 0.15) is 64.2 Å². The molecule has 0 radical (unpaired) electrons. The van der Waals surface area contributed by atoms with Crippen molar-refractivity contribution in [2.24, 2.45) is 0 Å². The van der Waals surface area contributed by atoms with Gasteiger partial charge in [0.15, 0.2) is 0 Å². The number of carbonyl (C=O) groups is 2. The lowest BCUT2D eigenvalue weighted by Gasteiger charge is -2.29. The predicted octanol–water partition coefficient (Wildman–Crippen LogP) is 5.51. The first-order chi connectivity index (χ1) is 14.6. The van der Waals surface area contributed by atoms with Crippen molar-refractivity contribution in [2.45, 2.75) is 71.9 Å². The number of nitrogens with one attached hydrogen (secondary N) is 1. The molecule has 2 rings (SSSR count). The Morgan fingerprint density at radius 2 is 1.74 bits per heavy atom. The minimum Gasteiger partial charge on any atom is -0.354 e. The van der Waals surface area contributed by atoms with E-state index >= 15 is 0 Å². The predicted molar refractivity (Wildman–Crippen MR) is 128 cm³/mol. The standard InChI is InChI=1S/C26H35ClN2O2/c1-6-16-28-25(31)19(2)29(18-21-8-7-9-23(27)17-21)24(30)15-12-20-10-13-22(14-11-20)26(3,4)5/h7-11,13-14,17,19H,6,12,15-16,18H2,1-5H3,(H,28,31)/t19-/m1/s1. The van der Waals surface area contributed by atoms with Gasteiger partial charge < -0.3 is 10.2 Å². The van der Waals surface area contributed by atoms with Gasteiger partial charge >= 0.3 is 0 Å². The van der Waals surface area contributed by atoms with E-state index in [1.54, 1.807) is 17.9 Å². The molecule has 168 valence electrons. The van der Waals surface area contributed by atoms with E-state index in [4.69, 9.17) is 11.6 Å². The molecule has 0 unspecified atom stereocenters. The fraction of sp³-hybridized carbons (Fsp3) is 0.462. The summed E-state index contributed by atoms with van der Waals surface area (Å²) in [7, 11) is 0. The van der Waals surface area contributed by atoms with Crippen LogP contribution in [0.3, 0.4) is 0 Å². The second-order valence-electron chi connectivity index (χ2n) is 9.07. The Hall–Kier alpha value is -2.33. The zero-order valence-corrected chi connectivity index (χ0v) is 20.1. The lowest BCUT2D eigenvalue weighted by molar-refractivity contribution is -0.140. The lowest BCUT2D eigenvalue weighted by Crippen LogP contribution is -2.47. The molecule has 2 aromatic carbocycles. The van der Waals surface area contributed by atoms with Crippen LogP contribution in [0.2, 0.25) is 5.02 Å². The Morgan fingerprint density at radius 1 is 1.06 bits per heavy atom. The van der Waals surface area contributed by atoms with E-state index in [0.717, 1.165) is 17.5 Å². The normalized spacial score (nSPS) is 12.3. The number of aryl methyl sites for hydroxylation is 1. The minimum atomic E-state index is -0.554. The van der Waals surface area contributed by atoms with Gasteiger partial charge in [-0.2, -0.15) is 0 Å². The number of benzene rings is 2. The molecule has 0 heterocycles. The quantitative estimate of drug-likeness (QED) is 0.556. The molecule has 0 saturated heterocycles. The van der Waals surface area contributed by atoms with Crippen LogP contribution in [-0.2, 0) is 28.0 Å². The van der Waals surface area contributed by atoms with E-state index in [-0.39, 0.29) is 17.2 Å². The largest absolute Gasteiger partial charge is 0.354 e. The van der Waals surface area contributed by atoms with Crippen LogP contribution in [0.25, 0.3) is 0 Å². The second kappa shape index (κ2) is 11.3. The van der Waals surface area contributed by atoms with Crippen molar-refractivity contribution in [2.75, 3.05) is 6.54 Å². The third kappa shape index (κ3) is 7.70. The van der Waals surface area contributed by atoms with Crippen molar-refractivity contribution in [3.05, 3.63) is 70.2 Å². The Kier molecular flexibility index (Phi) is 9.12. The highest BCUT2D eigenvalue weighted by Crippen LogP contribution is 2.23. The van der Waals surface area contributed by atoms with Crippen LogP contribution >= 0.6 is 11.6 Å². The molecule has 2 aromatic rings. The highest BCUT2D eigenvalue weighted by atomic mass is 35.5. The number of hydrogen-bond donors (Lipinski definition) is 1. The molecule has 0 aliphatic rings. The summed E-state index contributed by atoms with van der Waals surface area (Å²) in [5.41, 5.74) is 3.40. The minimum absolute atomic E-state index is 0.0426. The Bertz CT molecular complexity index is 872. The maximum Gasteiger partial charge on any atom is 0.242 e. The van der Waals surface area contributed by atoms with Gasteiger partial charge in [-0.05, 0) is 54.0 Å². The van der Waals surface area contributed by atoms with Crippen molar-refractivity contribution in [1.29, 1.82) is 0 Å².